The molecule has 3 aromatic rings. The fraction of sp³-hybridized carbons (Fsp3) is 0.353. The molecule has 0 unspecified atom stereocenters. The Morgan fingerprint density at radius 2 is 1.93 bits per heavy atom. The van der Waals surface area contributed by atoms with Gasteiger partial charge in [-0.2, -0.15) is 4.98 Å². The van der Waals surface area contributed by atoms with Crippen molar-refractivity contribution in [1.82, 2.24) is 19.5 Å². The van der Waals surface area contributed by atoms with E-state index in [4.69, 9.17) is 10.5 Å². The maximum Gasteiger partial charge on any atom is 0.223 e. The Balaban J connectivity index is 1.64. The smallest absolute Gasteiger partial charge is 0.223 e. The molecule has 0 bridgehead atoms. The molecule has 4 atom stereocenters. The van der Waals surface area contributed by atoms with Crippen LogP contribution in [-0.4, -0.2) is 59.8 Å². The predicted molar refractivity (Wildman–Crippen MR) is 106 cm³/mol. The van der Waals surface area contributed by atoms with Crippen LogP contribution in [-0.2, 0) is 10.5 Å². The molecule has 1 aromatic carbocycles. The Morgan fingerprint density at radius 1 is 1.18 bits per heavy atom. The Morgan fingerprint density at radius 3 is 2.61 bits per heavy atom. The largest absolute Gasteiger partial charge is 0.394 e. The molecule has 148 valence electrons. The number of hydrogen-bond acceptors (Lipinski definition) is 9. The van der Waals surface area contributed by atoms with Crippen LogP contribution in [0.3, 0.4) is 0 Å². The van der Waals surface area contributed by atoms with E-state index in [2.05, 4.69) is 30.9 Å². The number of nitrogen functional groups attached to an aromatic ring is 1. The molecule has 1 saturated heterocycles. The lowest BCUT2D eigenvalue weighted by atomic mass is 10.1. The Kier molecular flexibility index (Phi) is 5.54. The van der Waals surface area contributed by atoms with Crippen molar-refractivity contribution in [2.24, 2.45) is 0 Å². The molecule has 28 heavy (non-hydrogen) atoms. The summed E-state index contributed by atoms with van der Waals surface area (Å²) in [4.78, 5) is 12.9. The lowest BCUT2D eigenvalue weighted by Gasteiger charge is -2.16. The Labute approximate surface area is 172 Å². The van der Waals surface area contributed by atoms with Gasteiger partial charge in [-0.05, 0) is 17.7 Å². The molecule has 1 fully saturated rings. The van der Waals surface area contributed by atoms with Crippen molar-refractivity contribution in [3.63, 3.8) is 0 Å². The second kappa shape index (κ2) is 7.93. The molecule has 2 aromatic heterocycles. The van der Waals surface area contributed by atoms with Crippen LogP contribution >= 0.6 is 27.7 Å². The van der Waals surface area contributed by atoms with E-state index in [1.165, 1.54) is 22.7 Å². The molecule has 0 spiro atoms. The highest BCUT2D eigenvalue weighted by atomic mass is 79.9. The zero-order valence-corrected chi connectivity index (χ0v) is 16.9. The molecule has 5 N–H and O–H groups in total. The first-order valence-corrected chi connectivity index (χ1v) is 10.3. The zero-order valence-electron chi connectivity index (χ0n) is 14.5. The molecule has 1 aliphatic rings. The van der Waals surface area contributed by atoms with E-state index in [1.807, 2.05) is 24.3 Å². The summed E-state index contributed by atoms with van der Waals surface area (Å²) in [7, 11) is 0. The fourth-order valence-corrected chi connectivity index (χ4v) is 4.23. The molecule has 3 heterocycles. The summed E-state index contributed by atoms with van der Waals surface area (Å²) < 4.78 is 8.08. The minimum Gasteiger partial charge on any atom is -0.394 e. The van der Waals surface area contributed by atoms with E-state index >= 15 is 0 Å². The van der Waals surface area contributed by atoms with Gasteiger partial charge in [-0.15, -0.1) is 0 Å². The van der Waals surface area contributed by atoms with Gasteiger partial charge < -0.3 is 25.8 Å². The van der Waals surface area contributed by atoms with Gasteiger partial charge in [0.05, 0.1) is 12.9 Å². The number of fused-ring (bicyclic) bond motifs is 1. The first-order chi connectivity index (χ1) is 13.5. The summed E-state index contributed by atoms with van der Waals surface area (Å²) in [5, 5.41) is 30.2. The monoisotopic (exact) mass is 467 g/mol. The average molecular weight is 468 g/mol. The van der Waals surface area contributed by atoms with Gasteiger partial charge in [-0.25, -0.2) is 9.97 Å². The number of hydrogen-bond donors (Lipinski definition) is 4. The van der Waals surface area contributed by atoms with E-state index in [-0.39, 0.29) is 5.95 Å². The van der Waals surface area contributed by atoms with E-state index in [9.17, 15) is 15.3 Å². The molecule has 0 radical (unpaired) electrons. The van der Waals surface area contributed by atoms with Crippen LogP contribution < -0.4 is 5.73 Å². The minimum absolute atomic E-state index is 0.0688. The summed E-state index contributed by atoms with van der Waals surface area (Å²) >= 11 is 4.88. The van der Waals surface area contributed by atoms with Crippen molar-refractivity contribution >= 4 is 44.8 Å². The number of rotatable bonds is 5. The van der Waals surface area contributed by atoms with Crippen LogP contribution in [0.2, 0.25) is 0 Å². The van der Waals surface area contributed by atoms with Crippen LogP contribution in [0.5, 0.6) is 0 Å². The lowest BCUT2D eigenvalue weighted by Crippen LogP contribution is -2.33. The van der Waals surface area contributed by atoms with Crippen LogP contribution in [0.1, 0.15) is 11.8 Å². The second-order valence-corrected chi connectivity index (χ2v) is 8.23. The van der Waals surface area contributed by atoms with Gasteiger partial charge in [0.1, 0.15) is 28.9 Å². The van der Waals surface area contributed by atoms with Gasteiger partial charge in [-0.1, -0.05) is 39.8 Å². The third-order valence-electron chi connectivity index (χ3n) is 4.49. The van der Waals surface area contributed by atoms with Crippen molar-refractivity contribution in [3.8, 4) is 0 Å². The average Bonchev–Trinajstić information content (AvgIpc) is 3.22. The summed E-state index contributed by atoms with van der Waals surface area (Å²) in [6, 6.07) is 7.96. The standard InChI is InChI=1S/C17H18BrN5O4S/c18-9-3-1-8(2-4-9)6-28-15-11-14(21-17(19)22-15)23(7-20-11)16-13(26)12(25)10(5-24)27-16/h1-4,7,10,12-13,16,24-26H,5-6H2,(H2,19,21,22)/t10-,12+,13+,16-/m0/s1. The van der Waals surface area contributed by atoms with Gasteiger partial charge in [0.25, 0.3) is 0 Å². The predicted octanol–water partition coefficient (Wildman–Crippen LogP) is 1.07. The Bertz CT molecular complexity index is 986. The van der Waals surface area contributed by atoms with Crippen LogP contribution in [0, 0.1) is 0 Å². The number of aliphatic hydroxyl groups excluding tert-OH is 3. The first kappa shape index (κ1) is 19.6. The number of nitrogens with zero attached hydrogens (tertiary/aromatic N) is 4. The number of ether oxygens (including phenoxy) is 1. The lowest BCUT2D eigenvalue weighted by molar-refractivity contribution is -0.0511. The molecule has 4 rings (SSSR count). The van der Waals surface area contributed by atoms with Crippen molar-refractivity contribution in [2.45, 2.75) is 35.3 Å². The van der Waals surface area contributed by atoms with Gasteiger partial charge in [0.2, 0.25) is 5.95 Å². The first-order valence-electron chi connectivity index (χ1n) is 8.47. The molecule has 1 aliphatic heterocycles. The van der Waals surface area contributed by atoms with E-state index in [1.54, 1.807) is 0 Å². The molecular weight excluding hydrogens is 450 g/mol. The normalized spacial score (nSPS) is 24.9. The summed E-state index contributed by atoms with van der Waals surface area (Å²) in [5.74, 6) is 0.735. The number of imidazole rings is 1. The van der Waals surface area contributed by atoms with E-state index < -0.39 is 31.1 Å². The number of thioether (sulfide) groups is 1. The van der Waals surface area contributed by atoms with E-state index in [0.29, 0.717) is 21.9 Å². The van der Waals surface area contributed by atoms with Crippen LogP contribution in [0.4, 0.5) is 5.95 Å². The van der Waals surface area contributed by atoms with Crippen molar-refractivity contribution in [3.05, 3.63) is 40.6 Å². The van der Waals surface area contributed by atoms with Crippen molar-refractivity contribution < 1.29 is 20.1 Å². The topological polar surface area (TPSA) is 140 Å². The highest BCUT2D eigenvalue weighted by Crippen LogP contribution is 2.34. The summed E-state index contributed by atoms with van der Waals surface area (Å²) in [6.45, 7) is -0.410. The third kappa shape index (κ3) is 3.61. The molecule has 9 nitrogen and oxygen atoms in total. The van der Waals surface area contributed by atoms with Gasteiger partial charge in [-0.3, -0.25) is 4.57 Å². The van der Waals surface area contributed by atoms with Crippen molar-refractivity contribution in [2.75, 3.05) is 12.3 Å². The maximum atomic E-state index is 10.3. The SMILES string of the molecule is Nc1nc(SCc2ccc(Br)cc2)c2ncn([C@H]3O[C@@H](CO)[C@@H](O)[C@H]3O)c2n1. The number of anilines is 1. The number of nitrogens with two attached hydrogens (primary N) is 1. The maximum absolute atomic E-state index is 10.3. The molecule has 0 saturated carbocycles. The zero-order chi connectivity index (χ0) is 19.8. The number of halogens is 1. The molecule has 0 amide bonds. The van der Waals surface area contributed by atoms with Gasteiger partial charge >= 0.3 is 0 Å². The van der Waals surface area contributed by atoms with Crippen molar-refractivity contribution in [1.29, 1.82) is 0 Å². The Hall–Kier alpha value is -1.76. The highest BCUT2D eigenvalue weighted by molar-refractivity contribution is 9.10. The number of aliphatic hydroxyl groups is 3. The fourth-order valence-electron chi connectivity index (χ4n) is 3.04. The quantitative estimate of drug-likeness (QED) is 0.320. The van der Waals surface area contributed by atoms with Crippen LogP contribution in [0.25, 0.3) is 11.2 Å². The number of benzene rings is 1. The molecular formula is C17H18BrN5O4S. The molecule has 11 heteroatoms. The van der Waals surface area contributed by atoms with Gasteiger partial charge in [0, 0.05) is 10.2 Å². The van der Waals surface area contributed by atoms with Crippen LogP contribution in [0.15, 0.2) is 40.1 Å². The molecule has 0 aliphatic carbocycles. The minimum atomic E-state index is -1.23. The summed E-state index contributed by atoms with van der Waals surface area (Å²) in [5.41, 5.74) is 7.90. The van der Waals surface area contributed by atoms with Gasteiger partial charge in [0.15, 0.2) is 11.9 Å². The van der Waals surface area contributed by atoms with E-state index in [0.717, 1.165) is 10.0 Å². The summed E-state index contributed by atoms with van der Waals surface area (Å²) in [6.07, 6.45) is -2.80. The second-order valence-electron chi connectivity index (χ2n) is 6.36. The number of aromatic nitrogens is 4. The highest BCUT2D eigenvalue weighted by Gasteiger charge is 2.44. The third-order valence-corrected chi connectivity index (χ3v) is 6.05.